The number of hydroxylamine groups is 2. The van der Waals surface area contributed by atoms with Gasteiger partial charge in [-0.1, -0.05) is 43.7 Å². The van der Waals surface area contributed by atoms with Crippen LogP contribution in [0.4, 0.5) is 0 Å². The molecule has 1 atom stereocenters. The van der Waals surface area contributed by atoms with Crippen LogP contribution < -0.4 is 18.9 Å². The van der Waals surface area contributed by atoms with E-state index in [1.165, 1.54) is 40.9 Å². The number of nitro groups is 1. The number of amides is 1. The van der Waals surface area contributed by atoms with Crippen LogP contribution in [-0.2, 0) is 23.8 Å². The molecular weight excluding hydrogens is 411 g/mol. The summed E-state index contributed by atoms with van der Waals surface area (Å²) in [6.07, 6.45) is 3.27. The Bertz CT molecular complexity index is 797. The van der Waals surface area contributed by atoms with E-state index in [4.69, 9.17) is 19.0 Å². The van der Waals surface area contributed by atoms with Crippen molar-refractivity contribution in [2.45, 2.75) is 31.8 Å². The molecule has 32 heavy (non-hydrogen) atoms. The number of rotatable bonds is 9. The van der Waals surface area contributed by atoms with Crippen molar-refractivity contribution in [2.24, 2.45) is 0 Å². The van der Waals surface area contributed by atoms with Crippen LogP contribution in [0.25, 0.3) is 5.57 Å². The summed E-state index contributed by atoms with van der Waals surface area (Å²) in [6, 6.07) is 8.93. The number of hydrogen-bond acceptors (Lipinski definition) is 7. The molecule has 0 saturated heterocycles. The summed E-state index contributed by atoms with van der Waals surface area (Å²) in [5.74, 6) is -0.462. The number of benzene rings is 1. The predicted octanol–water partition coefficient (Wildman–Crippen LogP) is 0.612. The minimum atomic E-state index is -1.76. The van der Waals surface area contributed by atoms with Gasteiger partial charge in [0, 0.05) is 19.7 Å². The van der Waals surface area contributed by atoms with Gasteiger partial charge < -0.3 is 21.1 Å². The zero-order chi connectivity index (χ0) is 23.4. The molecule has 2 rings (SSSR count). The number of carbonyl (C=O) groups excluding carboxylic acids is 1. The predicted molar refractivity (Wildman–Crippen MR) is 116 cm³/mol. The maximum atomic E-state index is 13.3. The molecule has 0 saturated carbocycles. The second-order valence-electron chi connectivity index (χ2n) is 6.60. The molecule has 1 aliphatic rings. The van der Waals surface area contributed by atoms with Crippen molar-refractivity contribution in [1.29, 1.82) is 0 Å². The molecule has 0 spiro atoms. The monoisotopic (exact) mass is 442 g/mol. The molecule has 1 amide bonds. The van der Waals surface area contributed by atoms with Crippen LogP contribution in [-0.4, -0.2) is 56.7 Å². The third-order valence-electron chi connectivity index (χ3n) is 4.58. The van der Waals surface area contributed by atoms with Crippen LogP contribution in [0.15, 0.2) is 47.9 Å². The molecule has 1 aromatic rings. The smallest absolute Gasteiger partial charge is 0.496 e. The molecule has 0 N–H and O–H groups in total. The molecule has 1 aromatic carbocycles. The van der Waals surface area contributed by atoms with Gasteiger partial charge >= 0.3 is 18.9 Å². The molecule has 0 aromatic heterocycles. The van der Waals surface area contributed by atoms with E-state index in [1.54, 1.807) is 24.3 Å². The first kappa shape index (κ1) is 29.8. The van der Waals surface area contributed by atoms with Gasteiger partial charge in [-0.3, -0.25) is 19.7 Å². The standard InChI is InChI=1S/C18H22N2O7.C4H9.Li/c1-19(26-4)17(21)18(27-12-24-2)11-14(20(22)23)10-15(25-3)16(18)13-8-6-5-7-9-13;1-3-4-2;/h5-10H,11-12H2,1-4H3;1,3-4H2,2H3;/q;-1;+1. The summed E-state index contributed by atoms with van der Waals surface area (Å²) in [6.45, 7) is 5.46. The molecule has 0 radical (unpaired) electrons. The van der Waals surface area contributed by atoms with E-state index in [2.05, 4.69) is 13.8 Å². The summed E-state index contributed by atoms with van der Waals surface area (Å²) in [7, 11) is 5.50. The van der Waals surface area contributed by atoms with E-state index in [-0.39, 0.29) is 43.5 Å². The van der Waals surface area contributed by atoms with Gasteiger partial charge in [-0.2, -0.15) is 6.42 Å². The summed E-state index contributed by atoms with van der Waals surface area (Å²) in [5.41, 5.74) is -0.991. The number of ether oxygens (including phenoxy) is 3. The molecule has 172 valence electrons. The second-order valence-corrected chi connectivity index (χ2v) is 6.60. The Labute approximate surface area is 201 Å². The van der Waals surface area contributed by atoms with Crippen LogP contribution in [0.3, 0.4) is 0 Å². The van der Waals surface area contributed by atoms with Crippen molar-refractivity contribution >= 4 is 11.5 Å². The first-order chi connectivity index (χ1) is 14.8. The summed E-state index contributed by atoms with van der Waals surface area (Å²) < 4.78 is 16.2. The normalized spacial score (nSPS) is 17.4. The summed E-state index contributed by atoms with van der Waals surface area (Å²) in [4.78, 5) is 29.2. The molecule has 0 fully saturated rings. The van der Waals surface area contributed by atoms with Crippen molar-refractivity contribution in [3.05, 3.63) is 70.5 Å². The Morgan fingerprint density at radius 2 is 1.84 bits per heavy atom. The van der Waals surface area contributed by atoms with Gasteiger partial charge in [-0.05, 0) is 5.56 Å². The van der Waals surface area contributed by atoms with Gasteiger partial charge in [-0.15, -0.1) is 0 Å². The third-order valence-corrected chi connectivity index (χ3v) is 4.58. The van der Waals surface area contributed by atoms with E-state index in [1.807, 2.05) is 6.07 Å². The Morgan fingerprint density at radius 1 is 1.25 bits per heavy atom. The molecule has 0 bridgehead atoms. The number of nitrogens with zero attached hydrogens (tertiary/aromatic N) is 2. The van der Waals surface area contributed by atoms with E-state index < -0.39 is 16.4 Å². The minimum Gasteiger partial charge on any atom is -0.496 e. The van der Waals surface area contributed by atoms with Crippen molar-refractivity contribution in [3.8, 4) is 0 Å². The van der Waals surface area contributed by atoms with Crippen LogP contribution in [0.2, 0.25) is 0 Å². The van der Waals surface area contributed by atoms with Gasteiger partial charge in [0.1, 0.15) is 12.6 Å². The van der Waals surface area contributed by atoms with Crippen molar-refractivity contribution in [1.82, 2.24) is 5.06 Å². The fourth-order valence-corrected chi connectivity index (χ4v) is 2.94. The van der Waals surface area contributed by atoms with Gasteiger partial charge in [0.25, 0.3) is 11.6 Å². The van der Waals surface area contributed by atoms with E-state index in [9.17, 15) is 14.9 Å². The zero-order valence-electron chi connectivity index (χ0n) is 19.8. The summed E-state index contributed by atoms with van der Waals surface area (Å²) in [5, 5.41) is 12.5. The topological polar surface area (TPSA) is 100 Å². The Hall–Kier alpha value is -2.15. The fourth-order valence-electron chi connectivity index (χ4n) is 2.94. The number of methoxy groups -OCH3 is 2. The SMILES string of the molecule is COCOC1(C(=O)N(C)OC)CC([N+](=O)[O-])=CC(OC)=C1c1ccccc1.[CH2-]CCC.[Li+]. The Morgan fingerprint density at radius 3 is 2.28 bits per heavy atom. The average molecular weight is 442 g/mol. The molecule has 0 aliphatic heterocycles. The van der Waals surface area contributed by atoms with Crippen molar-refractivity contribution in [3.63, 3.8) is 0 Å². The quantitative estimate of drug-likeness (QED) is 0.182. The van der Waals surface area contributed by atoms with Crippen LogP contribution in [0, 0.1) is 17.0 Å². The summed E-state index contributed by atoms with van der Waals surface area (Å²) >= 11 is 0. The van der Waals surface area contributed by atoms with E-state index >= 15 is 0 Å². The maximum absolute atomic E-state index is 13.3. The van der Waals surface area contributed by atoms with Gasteiger partial charge in [0.2, 0.25) is 0 Å². The van der Waals surface area contributed by atoms with Crippen LogP contribution >= 0.6 is 0 Å². The Balaban J connectivity index is 0.00000177. The fraction of sp³-hybridized carbons (Fsp3) is 0.455. The van der Waals surface area contributed by atoms with Gasteiger partial charge in [-0.25, -0.2) is 5.06 Å². The molecule has 10 heteroatoms. The van der Waals surface area contributed by atoms with Gasteiger partial charge in [0.15, 0.2) is 5.60 Å². The molecule has 9 nitrogen and oxygen atoms in total. The largest absolute Gasteiger partial charge is 1.00 e. The number of carbonyl (C=O) groups is 1. The number of unbranched alkanes of at least 4 members (excludes halogenated alkanes) is 1. The number of allylic oxidation sites excluding steroid dienone is 1. The number of hydrogen-bond donors (Lipinski definition) is 0. The minimum absolute atomic E-state index is 0. The second kappa shape index (κ2) is 14.8. The maximum Gasteiger partial charge on any atom is 1.00 e. The van der Waals surface area contributed by atoms with Crippen molar-refractivity contribution in [2.75, 3.05) is 35.2 Å². The molecule has 1 unspecified atom stereocenters. The van der Waals surface area contributed by atoms with Crippen LogP contribution in [0.5, 0.6) is 0 Å². The molecule has 1 aliphatic carbocycles. The average Bonchev–Trinajstić information content (AvgIpc) is 2.81. The van der Waals surface area contributed by atoms with Crippen LogP contribution in [0.1, 0.15) is 31.7 Å². The van der Waals surface area contributed by atoms with Gasteiger partial charge in [0.05, 0.1) is 31.6 Å². The molecule has 0 heterocycles. The number of likely N-dealkylation sites (N-methyl/N-ethyl adjacent to an activating group) is 1. The Kier molecular flexibility index (Phi) is 13.8. The molecular formula is C22H31LiN2O7. The van der Waals surface area contributed by atoms with E-state index in [0.29, 0.717) is 11.1 Å². The van der Waals surface area contributed by atoms with Crippen molar-refractivity contribution < 1.29 is 47.6 Å². The zero-order valence-corrected chi connectivity index (χ0v) is 19.8. The van der Waals surface area contributed by atoms with E-state index in [0.717, 1.165) is 11.5 Å². The third kappa shape index (κ3) is 7.19. The first-order valence-electron chi connectivity index (χ1n) is 9.76. The first-order valence-corrected chi connectivity index (χ1v) is 9.76.